The van der Waals surface area contributed by atoms with Crippen LogP contribution in [-0.4, -0.2) is 35.7 Å². The van der Waals surface area contributed by atoms with Gasteiger partial charge in [0.25, 0.3) is 0 Å². The highest BCUT2D eigenvalue weighted by Crippen LogP contribution is 2.33. The molecular weight excluding hydrogens is 346 g/mol. The Balaban J connectivity index is 1.33. The summed E-state index contributed by atoms with van der Waals surface area (Å²) in [5.41, 5.74) is 2.06. The highest BCUT2D eigenvalue weighted by molar-refractivity contribution is 7.10. The number of ketones is 1. The minimum absolute atomic E-state index is 0.0112. The number of aliphatic hydroxyl groups excluding tert-OH is 1. The summed E-state index contributed by atoms with van der Waals surface area (Å²) in [6, 6.07) is 9.62. The number of nitrogens with one attached hydrogen (secondary N) is 1. The molecule has 1 heterocycles. The van der Waals surface area contributed by atoms with E-state index >= 15 is 0 Å². The van der Waals surface area contributed by atoms with Crippen LogP contribution in [0.15, 0.2) is 35.7 Å². The average Bonchev–Trinajstić information content (AvgIpc) is 3.20. The lowest BCUT2D eigenvalue weighted by atomic mass is 9.85. The lowest BCUT2D eigenvalue weighted by molar-refractivity contribution is 0.0441. The predicted octanol–water partition coefficient (Wildman–Crippen LogP) is 3.36. The van der Waals surface area contributed by atoms with E-state index in [-0.39, 0.29) is 23.8 Å². The highest BCUT2D eigenvalue weighted by atomic mass is 32.1. The van der Waals surface area contributed by atoms with Crippen molar-refractivity contribution in [3.05, 3.63) is 51.7 Å². The first-order chi connectivity index (χ1) is 12.6. The standard InChI is InChI=1S/C21H25NO3S/c1-13-12-26-18-10-7-14(20(23)19(13)18)11-22-16-8-9-17(21(16)24)25-15-5-3-2-4-6-15/h2-6,12,14,16-17,21-22,24H,7-11H2,1H3/t14?,16-,17-,21-/m1/s1. The lowest BCUT2D eigenvalue weighted by Crippen LogP contribution is -2.44. The van der Waals surface area contributed by atoms with Crippen LogP contribution < -0.4 is 10.1 Å². The van der Waals surface area contributed by atoms with Crippen molar-refractivity contribution in [3.63, 3.8) is 0 Å². The normalized spacial score (nSPS) is 28.2. The molecule has 138 valence electrons. The van der Waals surface area contributed by atoms with Gasteiger partial charge in [0.2, 0.25) is 0 Å². The fourth-order valence-corrected chi connectivity index (χ4v) is 5.16. The second-order valence-electron chi connectivity index (χ2n) is 7.37. The number of hydrogen-bond acceptors (Lipinski definition) is 5. The molecule has 1 aromatic carbocycles. The number of aliphatic hydroxyl groups is 1. The number of ether oxygens (including phenoxy) is 1. The molecule has 4 atom stereocenters. The Kier molecular flexibility index (Phi) is 5.11. The molecule has 4 rings (SSSR count). The van der Waals surface area contributed by atoms with Crippen LogP contribution >= 0.6 is 11.3 Å². The van der Waals surface area contributed by atoms with Gasteiger partial charge < -0.3 is 15.2 Å². The Hall–Kier alpha value is -1.69. The van der Waals surface area contributed by atoms with Crippen LogP contribution in [0, 0.1) is 12.8 Å². The van der Waals surface area contributed by atoms with Gasteiger partial charge in [-0.2, -0.15) is 0 Å². The SMILES string of the molecule is Cc1csc2c1C(=O)C(CN[C@@H]1CC[C@@H](Oc3ccccc3)[C@@H]1O)CC2. The molecule has 0 aliphatic heterocycles. The fraction of sp³-hybridized carbons (Fsp3) is 0.476. The first-order valence-corrected chi connectivity index (χ1v) is 10.3. The molecule has 0 saturated heterocycles. The molecule has 5 heteroatoms. The van der Waals surface area contributed by atoms with Gasteiger partial charge in [0.05, 0.1) is 0 Å². The van der Waals surface area contributed by atoms with Crippen LogP contribution in [0.5, 0.6) is 5.75 Å². The van der Waals surface area contributed by atoms with Crippen molar-refractivity contribution in [1.82, 2.24) is 5.32 Å². The summed E-state index contributed by atoms with van der Waals surface area (Å²) in [6.45, 7) is 2.66. The van der Waals surface area contributed by atoms with E-state index in [0.29, 0.717) is 6.54 Å². The van der Waals surface area contributed by atoms with Gasteiger partial charge in [0, 0.05) is 28.9 Å². The Labute approximate surface area is 158 Å². The van der Waals surface area contributed by atoms with Crippen molar-refractivity contribution in [2.75, 3.05) is 6.54 Å². The van der Waals surface area contributed by atoms with Gasteiger partial charge in [-0.25, -0.2) is 0 Å². The van der Waals surface area contributed by atoms with Gasteiger partial charge in [-0.3, -0.25) is 4.79 Å². The van der Waals surface area contributed by atoms with E-state index in [4.69, 9.17) is 4.74 Å². The number of hydrogen-bond donors (Lipinski definition) is 2. The maximum absolute atomic E-state index is 12.8. The molecular formula is C21H25NO3S. The zero-order chi connectivity index (χ0) is 18.1. The van der Waals surface area contributed by atoms with Crippen LogP contribution in [0.25, 0.3) is 0 Å². The molecule has 2 N–H and O–H groups in total. The van der Waals surface area contributed by atoms with Gasteiger partial charge in [0.15, 0.2) is 5.78 Å². The van der Waals surface area contributed by atoms with Gasteiger partial charge in [-0.1, -0.05) is 18.2 Å². The summed E-state index contributed by atoms with van der Waals surface area (Å²) >= 11 is 1.70. The van der Waals surface area contributed by atoms with Gasteiger partial charge in [-0.15, -0.1) is 11.3 Å². The van der Waals surface area contributed by atoms with Crippen LogP contribution in [0.3, 0.4) is 0 Å². The van der Waals surface area contributed by atoms with E-state index in [1.165, 1.54) is 4.88 Å². The van der Waals surface area contributed by atoms with E-state index < -0.39 is 6.10 Å². The van der Waals surface area contributed by atoms with Crippen molar-refractivity contribution in [1.29, 1.82) is 0 Å². The zero-order valence-corrected chi connectivity index (χ0v) is 15.8. The summed E-state index contributed by atoms with van der Waals surface area (Å²) in [6.07, 6.45) is 2.82. The third kappa shape index (κ3) is 3.43. The van der Waals surface area contributed by atoms with E-state index in [1.807, 2.05) is 37.3 Å². The molecule has 2 aliphatic rings. The molecule has 1 aromatic heterocycles. The first kappa shape index (κ1) is 17.7. The van der Waals surface area contributed by atoms with E-state index in [1.54, 1.807) is 11.3 Å². The maximum atomic E-state index is 12.8. The molecule has 0 amide bonds. The minimum atomic E-state index is -0.549. The van der Waals surface area contributed by atoms with Crippen LogP contribution in [0.2, 0.25) is 0 Å². The Morgan fingerprint density at radius 2 is 2.04 bits per heavy atom. The number of carbonyl (C=O) groups is 1. The largest absolute Gasteiger partial charge is 0.488 e. The number of rotatable bonds is 5. The summed E-state index contributed by atoms with van der Waals surface area (Å²) in [4.78, 5) is 14.0. The third-order valence-electron chi connectivity index (χ3n) is 5.60. The molecule has 0 bridgehead atoms. The second kappa shape index (κ2) is 7.51. The number of thiophene rings is 1. The predicted molar refractivity (Wildman–Crippen MR) is 103 cm³/mol. The molecule has 1 unspecified atom stereocenters. The van der Waals surface area contributed by atoms with E-state index in [0.717, 1.165) is 42.6 Å². The Bertz CT molecular complexity index is 773. The molecule has 1 fully saturated rings. The van der Waals surface area contributed by atoms with Crippen LogP contribution in [-0.2, 0) is 6.42 Å². The van der Waals surface area contributed by atoms with Crippen molar-refractivity contribution >= 4 is 17.1 Å². The second-order valence-corrected chi connectivity index (χ2v) is 8.33. The summed E-state index contributed by atoms with van der Waals surface area (Å²) in [5, 5.41) is 16.1. The zero-order valence-electron chi connectivity index (χ0n) is 15.0. The van der Waals surface area contributed by atoms with E-state index in [9.17, 15) is 9.90 Å². The molecule has 26 heavy (non-hydrogen) atoms. The number of para-hydroxylation sites is 1. The molecule has 2 aliphatic carbocycles. The summed E-state index contributed by atoms with van der Waals surface area (Å²) < 4.78 is 5.93. The third-order valence-corrected chi connectivity index (χ3v) is 6.76. The van der Waals surface area contributed by atoms with Gasteiger partial charge >= 0.3 is 0 Å². The number of carbonyl (C=O) groups excluding carboxylic acids is 1. The van der Waals surface area contributed by atoms with Crippen molar-refractivity contribution in [3.8, 4) is 5.75 Å². The Morgan fingerprint density at radius 3 is 2.85 bits per heavy atom. The van der Waals surface area contributed by atoms with Crippen molar-refractivity contribution in [2.24, 2.45) is 5.92 Å². The molecule has 0 spiro atoms. The molecule has 4 nitrogen and oxygen atoms in total. The molecule has 1 saturated carbocycles. The monoisotopic (exact) mass is 371 g/mol. The number of aryl methyl sites for hydroxylation is 2. The van der Waals surface area contributed by atoms with Crippen molar-refractivity contribution < 1.29 is 14.6 Å². The number of benzene rings is 1. The van der Waals surface area contributed by atoms with Gasteiger partial charge in [0.1, 0.15) is 18.0 Å². The van der Waals surface area contributed by atoms with E-state index in [2.05, 4.69) is 10.7 Å². The number of fused-ring (bicyclic) bond motifs is 1. The summed E-state index contributed by atoms with van der Waals surface area (Å²) in [7, 11) is 0. The number of Topliss-reactive ketones (excluding diaryl/α,β-unsaturated/α-hetero) is 1. The van der Waals surface area contributed by atoms with Crippen LogP contribution in [0.1, 0.15) is 40.1 Å². The highest BCUT2D eigenvalue weighted by Gasteiger charge is 2.37. The smallest absolute Gasteiger partial charge is 0.168 e. The molecule has 0 radical (unpaired) electrons. The van der Waals surface area contributed by atoms with Crippen LogP contribution in [0.4, 0.5) is 0 Å². The maximum Gasteiger partial charge on any atom is 0.168 e. The average molecular weight is 372 g/mol. The lowest BCUT2D eigenvalue weighted by Gasteiger charge is -2.26. The minimum Gasteiger partial charge on any atom is -0.488 e. The first-order valence-electron chi connectivity index (χ1n) is 9.38. The Morgan fingerprint density at radius 1 is 1.23 bits per heavy atom. The fourth-order valence-electron chi connectivity index (χ4n) is 4.11. The van der Waals surface area contributed by atoms with Crippen molar-refractivity contribution in [2.45, 2.75) is 50.9 Å². The summed E-state index contributed by atoms with van der Waals surface area (Å²) in [5.74, 6) is 1.07. The topological polar surface area (TPSA) is 58.6 Å². The molecule has 2 aromatic rings. The van der Waals surface area contributed by atoms with Gasteiger partial charge in [-0.05, 0) is 55.7 Å². The quantitative estimate of drug-likeness (QED) is 0.846.